The Kier molecular flexibility index (Phi) is 10.6. The van der Waals surface area contributed by atoms with Crippen LogP contribution in [-0.4, -0.2) is 64.7 Å². The van der Waals surface area contributed by atoms with Gasteiger partial charge in [0.1, 0.15) is 12.4 Å². The van der Waals surface area contributed by atoms with Gasteiger partial charge in [0, 0.05) is 11.8 Å². The summed E-state index contributed by atoms with van der Waals surface area (Å²) in [5, 5.41) is 21.4. The van der Waals surface area contributed by atoms with Crippen molar-refractivity contribution >= 4 is 17.1 Å². The molecular weight excluding hydrogens is 526 g/mol. The molecule has 12 nitrogen and oxygen atoms in total. The normalized spacial score (nSPS) is 15.6. The number of hydrogen-bond donors (Lipinski definition) is 4. The lowest BCUT2D eigenvalue weighted by atomic mass is 9.95. The third-order valence-corrected chi connectivity index (χ3v) is 17.2. The largest absolute Gasteiger partial charge is 0.414 e. The first-order valence-corrected chi connectivity index (χ1v) is 17.1. The van der Waals surface area contributed by atoms with Crippen molar-refractivity contribution in [1.82, 2.24) is 25.0 Å². The monoisotopic (exact) mass is 571 g/mol. The van der Waals surface area contributed by atoms with Crippen LogP contribution in [0, 0.1) is 6.92 Å². The van der Waals surface area contributed by atoms with Gasteiger partial charge in [-0.25, -0.2) is 4.79 Å². The van der Waals surface area contributed by atoms with Crippen molar-refractivity contribution in [2.45, 2.75) is 110 Å². The van der Waals surface area contributed by atoms with Gasteiger partial charge >= 0.3 is 22.8 Å². The zero-order chi connectivity index (χ0) is 29.1. The molecule has 38 heavy (non-hydrogen) atoms. The van der Waals surface area contributed by atoms with E-state index in [2.05, 4.69) is 20.4 Å². The van der Waals surface area contributed by atoms with Gasteiger partial charge in [-0.1, -0.05) is 55.4 Å². The quantitative estimate of drug-likeness (QED) is 0.250. The fourth-order valence-electron chi connectivity index (χ4n) is 4.69. The Bertz CT molecular complexity index is 1130. The Labute approximate surface area is 226 Å². The second kappa shape index (κ2) is 12.5. The Hall–Kier alpha value is -1.95. The van der Waals surface area contributed by atoms with E-state index in [9.17, 15) is 19.5 Å². The second-order valence-corrected chi connectivity index (χ2v) is 19.8. The molecule has 2 heterocycles. The molecule has 0 spiro atoms. The van der Waals surface area contributed by atoms with E-state index >= 15 is 0 Å². The zero-order valence-corrected chi connectivity index (χ0v) is 26.2. The number of hydrogen-bond acceptors (Lipinski definition) is 9. The number of nitrogens with zero attached hydrogens (tertiary/aromatic N) is 3. The average molecular weight is 572 g/mol. The number of nitrogens with one attached hydrogen (secondary N) is 2. The summed E-state index contributed by atoms with van der Waals surface area (Å²) in [6, 6.07) is 0. The first-order valence-electron chi connectivity index (χ1n) is 13.1. The number of aliphatic hydroxyl groups excluding tert-OH is 1. The van der Waals surface area contributed by atoms with Crippen LogP contribution >= 0.6 is 0 Å². The van der Waals surface area contributed by atoms with Crippen molar-refractivity contribution in [3.63, 3.8) is 0 Å². The third kappa shape index (κ3) is 6.27. The lowest BCUT2D eigenvalue weighted by Crippen LogP contribution is -2.63. The molecule has 2 aromatic heterocycles. The van der Waals surface area contributed by atoms with Crippen molar-refractivity contribution in [3.05, 3.63) is 44.5 Å². The molecule has 1 unspecified atom stereocenters. The van der Waals surface area contributed by atoms with E-state index in [4.69, 9.17) is 13.3 Å². The van der Waals surface area contributed by atoms with Crippen molar-refractivity contribution in [3.8, 4) is 0 Å². The van der Waals surface area contributed by atoms with E-state index in [1.54, 1.807) is 13.8 Å². The van der Waals surface area contributed by atoms with Crippen LogP contribution in [0.4, 0.5) is 0 Å². The molecule has 14 heteroatoms. The van der Waals surface area contributed by atoms with Crippen LogP contribution in [0.5, 0.6) is 0 Å². The Morgan fingerprint density at radius 3 is 2.05 bits per heavy atom. The molecule has 0 aromatic carbocycles. The van der Waals surface area contributed by atoms with E-state index in [1.165, 1.54) is 17.0 Å². The van der Waals surface area contributed by atoms with Gasteiger partial charge in [-0.05, 0) is 36.0 Å². The smallest absolute Gasteiger partial charge is 0.335 e. The summed E-state index contributed by atoms with van der Waals surface area (Å²) in [6.45, 7) is 18.5. The Morgan fingerprint density at radius 2 is 1.61 bits per heavy atom. The van der Waals surface area contributed by atoms with Crippen LogP contribution in [0.25, 0.3) is 0 Å². The van der Waals surface area contributed by atoms with Crippen LogP contribution in [0.2, 0.25) is 22.2 Å². The summed E-state index contributed by atoms with van der Waals surface area (Å²) in [4.78, 5) is 38.3. The molecule has 0 aliphatic heterocycles. The van der Waals surface area contributed by atoms with Crippen molar-refractivity contribution in [2.75, 3.05) is 6.61 Å². The first-order chi connectivity index (χ1) is 17.6. The van der Waals surface area contributed by atoms with Gasteiger partial charge < -0.3 is 23.2 Å². The summed E-state index contributed by atoms with van der Waals surface area (Å²) < 4.78 is 21.2. The second-order valence-electron chi connectivity index (χ2n) is 11.2. The van der Waals surface area contributed by atoms with E-state index in [-0.39, 0.29) is 34.6 Å². The van der Waals surface area contributed by atoms with Gasteiger partial charge in [0.2, 0.25) is 0 Å². The average Bonchev–Trinajstić information content (AvgIpc) is 3.37. The molecule has 216 valence electrons. The van der Waals surface area contributed by atoms with E-state index in [0.29, 0.717) is 5.56 Å². The summed E-state index contributed by atoms with van der Waals surface area (Å²) in [6.07, 6.45) is 1.99. The lowest BCUT2D eigenvalue weighted by Gasteiger charge is -2.49. The van der Waals surface area contributed by atoms with Crippen LogP contribution < -0.4 is 11.2 Å². The fraction of sp³-hybridized carbons (Fsp3) is 0.750. The topological polar surface area (TPSA) is 165 Å². The minimum Gasteiger partial charge on any atom is -0.414 e. The molecule has 4 N–H and O–H groups in total. The highest BCUT2D eigenvalue weighted by Gasteiger charge is 2.57. The molecule has 2 aromatic rings. The molecule has 2 rings (SSSR count). The van der Waals surface area contributed by atoms with Gasteiger partial charge in [-0.3, -0.25) is 14.3 Å². The summed E-state index contributed by atoms with van der Waals surface area (Å²) in [5.74, 6) is 0. The van der Waals surface area contributed by atoms with Gasteiger partial charge in [-0.2, -0.15) is 15.4 Å². The molecule has 0 bridgehead atoms. The maximum absolute atomic E-state index is 12.4. The van der Waals surface area contributed by atoms with Crippen molar-refractivity contribution < 1.29 is 23.2 Å². The number of H-pyrrole nitrogens is 2. The summed E-state index contributed by atoms with van der Waals surface area (Å²) >= 11 is 0. The summed E-state index contributed by atoms with van der Waals surface area (Å²) in [5.41, 5.74) is -2.33. The standard InChI is InChI=1S/C24H45N5O7Si2/c1-15(2)37(33,16(3)4)36-38(17(5)6,18(7)8)35-20(10)24(13-30,21-11-25-28-27-21)34-14-29-12-19(9)22(31)26-23(29)32/h11-12,15-18,20,30,33H,13-14H2,1-10H3,(H,25,27,28)(H,26,31,32)/t20-,24?/m1/s1. The molecule has 0 radical (unpaired) electrons. The maximum atomic E-state index is 12.4. The highest BCUT2D eigenvalue weighted by molar-refractivity contribution is 6.83. The van der Waals surface area contributed by atoms with Gasteiger partial charge in [0.05, 0.1) is 18.9 Å². The minimum absolute atomic E-state index is 0.0559. The molecular formula is C24H45N5O7Si2. The number of aromatic amines is 2. The van der Waals surface area contributed by atoms with E-state index in [1.807, 2.05) is 55.4 Å². The third-order valence-electron chi connectivity index (χ3n) is 7.34. The van der Waals surface area contributed by atoms with Crippen LogP contribution in [0.1, 0.15) is 73.6 Å². The highest BCUT2D eigenvalue weighted by Crippen LogP contribution is 2.44. The number of rotatable bonds is 14. The van der Waals surface area contributed by atoms with E-state index in [0.717, 1.165) is 0 Å². The molecule has 0 fully saturated rings. The predicted molar refractivity (Wildman–Crippen MR) is 148 cm³/mol. The van der Waals surface area contributed by atoms with Crippen molar-refractivity contribution in [2.24, 2.45) is 0 Å². The highest BCUT2D eigenvalue weighted by atomic mass is 28.5. The predicted octanol–water partition coefficient (Wildman–Crippen LogP) is 2.76. The fourth-order valence-corrected chi connectivity index (χ4v) is 14.6. The summed E-state index contributed by atoms with van der Waals surface area (Å²) in [7, 11) is -6.44. The minimum atomic E-state index is -3.24. The molecule has 2 atom stereocenters. The zero-order valence-electron chi connectivity index (χ0n) is 24.2. The Morgan fingerprint density at radius 1 is 1.03 bits per heavy atom. The van der Waals surface area contributed by atoms with Gasteiger partial charge in [0.25, 0.3) is 5.56 Å². The molecule has 0 saturated heterocycles. The molecule has 0 aliphatic carbocycles. The Balaban J connectivity index is 2.59. The van der Waals surface area contributed by atoms with Gasteiger partial charge in [-0.15, -0.1) is 0 Å². The lowest BCUT2D eigenvalue weighted by molar-refractivity contribution is -0.172. The molecule has 0 aliphatic rings. The molecule has 0 saturated carbocycles. The van der Waals surface area contributed by atoms with Crippen LogP contribution in [-0.2, 0) is 25.6 Å². The first kappa shape index (κ1) is 32.3. The van der Waals surface area contributed by atoms with Crippen molar-refractivity contribution in [1.29, 1.82) is 0 Å². The van der Waals surface area contributed by atoms with Crippen LogP contribution in [0.3, 0.4) is 0 Å². The SMILES string of the molecule is Cc1cn(COC(CO)(c2cn[nH]n2)[C@@H](C)O[Si](O[Si](O)(C(C)C)C(C)C)(C(C)C)C(C)C)c(=O)[nH]c1=O. The number of ether oxygens (including phenoxy) is 1. The maximum Gasteiger partial charge on any atom is 0.335 e. The number of aromatic nitrogens is 5. The van der Waals surface area contributed by atoms with E-state index < -0.39 is 46.7 Å². The molecule has 0 amide bonds. The number of aryl methyl sites for hydroxylation is 1. The van der Waals surface area contributed by atoms with Gasteiger partial charge in [0.15, 0.2) is 5.60 Å². The van der Waals surface area contributed by atoms with Crippen LogP contribution in [0.15, 0.2) is 22.0 Å². The number of aliphatic hydroxyl groups is 1.